The molecule has 0 bridgehead atoms. The van der Waals surface area contributed by atoms with Crippen LogP contribution in [0, 0.1) is 0 Å². The fourth-order valence-electron chi connectivity index (χ4n) is 0.116. The largest absolute Gasteiger partial charge is 0.394 e. The van der Waals surface area contributed by atoms with Crippen LogP contribution >= 0.6 is 0 Å². The Balaban J connectivity index is -0.0000000726. The quantitative estimate of drug-likeness (QED) is 0.343. The third-order valence-electron chi connectivity index (χ3n) is 0.432. The third-order valence-corrected chi connectivity index (χ3v) is 0.432. The number of carbonyl (C=O) groups is 1. The maximum absolute atomic E-state index is 9.95. The average molecular weight is 248 g/mol. The van der Waals surface area contributed by atoms with Crippen LogP contribution in [0.15, 0.2) is 38.0 Å². The SMILES string of the molecule is C=CC.C=CC.C=CC(=O)OOC.OCCO. The van der Waals surface area contributed by atoms with Crippen molar-refractivity contribution < 1.29 is 24.8 Å². The summed E-state index contributed by atoms with van der Waals surface area (Å²) in [4.78, 5) is 17.9. The maximum atomic E-state index is 9.95. The Kier molecular flexibility index (Phi) is 53.1. The van der Waals surface area contributed by atoms with E-state index in [2.05, 4.69) is 29.5 Å². The van der Waals surface area contributed by atoms with E-state index in [1.54, 1.807) is 12.2 Å². The molecule has 0 heterocycles. The second kappa shape index (κ2) is 36.5. The summed E-state index contributed by atoms with van der Waals surface area (Å²) in [7, 11) is 1.25. The van der Waals surface area contributed by atoms with Crippen molar-refractivity contribution in [1.82, 2.24) is 0 Å². The van der Waals surface area contributed by atoms with Crippen LogP contribution in [0.3, 0.4) is 0 Å². The van der Waals surface area contributed by atoms with Gasteiger partial charge in [-0.3, -0.25) is 4.89 Å². The van der Waals surface area contributed by atoms with Crippen molar-refractivity contribution in [3.05, 3.63) is 38.0 Å². The number of carbonyl (C=O) groups excluding carboxylic acids is 1. The lowest BCUT2D eigenvalue weighted by atomic mass is 10.7. The molecule has 17 heavy (non-hydrogen) atoms. The second-order valence-electron chi connectivity index (χ2n) is 2.04. The minimum Gasteiger partial charge on any atom is -0.394 e. The summed E-state index contributed by atoms with van der Waals surface area (Å²) in [5.41, 5.74) is 0. The highest BCUT2D eigenvalue weighted by molar-refractivity contribution is 5.80. The highest BCUT2D eigenvalue weighted by Gasteiger charge is 1.88. The monoisotopic (exact) mass is 248 g/mol. The van der Waals surface area contributed by atoms with E-state index in [9.17, 15) is 4.79 Å². The van der Waals surface area contributed by atoms with Gasteiger partial charge in [0, 0.05) is 6.08 Å². The number of allylic oxidation sites excluding steroid dienone is 2. The van der Waals surface area contributed by atoms with E-state index in [0.717, 1.165) is 6.08 Å². The number of aliphatic hydroxyl groups is 2. The molecule has 0 radical (unpaired) electrons. The van der Waals surface area contributed by atoms with Gasteiger partial charge in [-0.05, 0) is 13.8 Å². The van der Waals surface area contributed by atoms with Gasteiger partial charge in [0.1, 0.15) is 0 Å². The summed E-state index contributed by atoms with van der Waals surface area (Å²) in [6, 6.07) is 0. The van der Waals surface area contributed by atoms with Gasteiger partial charge in [0.05, 0.1) is 20.3 Å². The molecule has 0 saturated carbocycles. The van der Waals surface area contributed by atoms with Gasteiger partial charge in [-0.1, -0.05) is 18.7 Å². The molecule has 0 saturated heterocycles. The zero-order valence-corrected chi connectivity index (χ0v) is 10.9. The van der Waals surface area contributed by atoms with E-state index in [4.69, 9.17) is 10.2 Å². The van der Waals surface area contributed by atoms with Crippen LogP contribution in [0.25, 0.3) is 0 Å². The van der Waals surface area contributed by atoms with Gasteiger partial charge in [-0.25, -0.2) is 4.79 Å². The van der Waals surface area contributed by atoms with Crippen LogP contribution in [0.5, 0.6) is 0 Å². The molecule has 0 aliphatic carbocycles. The fourth-order valence-corrected chi connectivity index (χ4v) is 0.116. The van der Waals surface area contributed by atoms with Crippen LogP contribution < -0.4 is 0 Å². The van der Waals surface area contributed by atoms with E-state index in [1.165, 1.54) is 7.11 Å². The number of hydrogen-bond acceptors (Lipinski definition) is 5. The van der Waals surface area contributed by atoms with Crippen LogP contribution in [0.2, 0.25) is 0 Å². The Morgan fingerprint density at radius 3 is 1.47 bits per heavy atom. The minimum atomic E-state index is -0.581. The second-order valence-corrected chi connectivity index (χ2v) is 2.04. The molecule has 5 heteroatoms. The van der Waals surface area contributed by atoms with E-state index < -0.39 is 5.97 Å². The Labute approximate surface area is 104 Å². The predicted molar refractivity (Wildman–Crippen MR) is 69.2 cm³/mol. The van der Waals surface area contributed by atoms with Gasteiger partial charge in [0.2, 0.25) is 0 Å². The molecule has 0 aromatic rings. The molecule has 2 N–H and O–H groups in total. The van der Waals surface area contributed by atoms with Crippen molar-refractivity contribution >= 4 is 5.97 Å². The lowest BCUT2D eigenvalue weighted by Gasteiger charge is -1.88. The Morgan fingerprint density at radius 2 is 1.41 bits per heavy atom. The Bertz CT molecular complexity index is 158. The van der Waals surface area contributed by atoms with Crippen molar-refractivity contribution in [2.24, 2.45) is 0 Å². The van der Waals surface area contributed by atoms with Gasteiger partial charge >= 0.3 is 5.97 Å². The molecule has 0 aliphatic rings. The Hall–Kier alpha value is -1.43. The first-order chi connectivity index (χ1) is 8.05. The minimum absolute atomic E-state index is 0.125. The molecule has 0 unspecified atom stereocenters. The molecule has 0 spiro atoms. The van der Waals surface area contributed by atoms with Crippen molar-refractivity contribution in [3.8, 4) is 0 Å². The van der Waals surface area contributed by atoms with Crippen LogP contribution in [0.1, 0.15) is 13.8 Å². The van der Waals surface area contributed by atoms with Crippen LogP contribution in [-0.2, 0) is 14.6 Å². The zero-order valence-electron chi connectivity index (χ0n) is 10.9. The molecule has 0 amide bonds. The van der Waals surface area contributed by atoms with Gasteiger partial charge < -0.3 is 10.2 Å². The summed E-state index contributed by atoms with van der Waals surface area (Å²) in [6.07, 6.45) is 4.52. The van der Waals surface area contributed by atoms with Gasteiger partial charge in [-0.2, -0.15) is 4.89 Å². The number of aliphatic hydroxyl groups excluding tert-OH is 2. The standard InChI is InChI=1S/C4H6O3.2C3H6.C2H6O2/c1-3-4(5)7-6-2;2*1-3-2;3-1-2-4/h3H,1H2,2H3;2*3H,1H2,2H3;3-4H,1-2H2. The number of rotatable bonds is 3. The summed E-state index contributed by atoms with van der Waals surface area (Å²) in [5.74, 6) is -0.581. The molecule has 0 rings (SSSR count). The molecular weight excluding hydrogens is 224 g/mol. The van der Waals surface area contributed by atoms with Crippen molar-refractivity contribution in [2.45, 2.75) is 13.8 Å². The normalized spacial score (nSPS) is 6.41. The molecular formula is C12H24O5. The summed E-state index contributed by atoms with van der Waals surface area (Å²) < 4.78 is 0. The molecule has 102 valence electrons. The fraction of sp³-hybridized carbons (Fsp3) is 0.417. The van der Waals surface area contributed by atoms with Gasteiger partial charge in [0.25, 0.3) is 0 Å². The van der Waals surface area contributed by atoms with Crippen molar-refractivity contribution in [1.29, 1.82) is 0 Å². The summed E-state index contributed by atoms with van der Waals surface area (Å²) >= 11 is 0. The highest BCUT2D eigenvalue weighted by Crippen LogP contribution is 1.74. The molecule has 0 aromatic heterocycles. The van der Waals surface area contributed by atoms with E-state index in [1.807, 2.05) is 13.8 Å². The van der Waals surface area contributed by atoms with E-state index >= 15 is 0 Å². The van der Waals surface area contributed by atoms with E-state index in [-0.39, 0.29) is 13.2 Å². The smallest absolute Gasteiger partial charge is 0.365 e. The van der Waals surface area contributed by atoms with Crippen LogP contribution in [0.4, 0.5) is 0 Å². The van der Waals surface area contributed by atoms with Gasteiger partial charge in [-0.15, -0.1) is 13.2 Å². The predicted octanol–water partition coefficient (Wildman–Crippen LogP) is 1.63. The summed E-state index contributed by atoms with van der Waals surface area (Å²) in [5, 5.41) is 15.2. The number of hydrogen-bond donors (Lipinski definition) is 2. The first-order valence-corrected chi connectivity index (χ1v) is 4.78. The molecule has 0 aromatic carbocycles. The molecule has 0 aliphatic heterocycles. The van der Waals surface area contributed by atoms with Crippen molar-refractivity contribution in [2.75, 3.05) is 20.3 Å². The maximum Gasteiger partial charge on any atom is 0.365 e. The lowest BCUT2D eigenvalue weighted by Crippen LogP contribution is -1.96. The molecule has 0 fully saturated rings. The van der Waals surface area contributed by atoms with Crippen LogP contribution in [-0.4, -0.2) is 36.5 Å². The zero-order chi connectivity index (χ0) is 14.5. The summed E-state index contributed by atoms with van der Waals surface area (Å²) in [6.45, 7) is 13.4. The van der Waals surface area contributed by atoms with Crippen molar-refractivity contribution in [3.63, 3.8) is 0 Å². The van der Waals surface area contributed by atoms with Gasteiger partial charge in [0.15, 0.2) is 0 Å². The lowest BCUT2D eigenvalue weighted by molar-refractivity contribution is -0.249. The third kappa shape index (κ3) is 110. The molecule has 0 atom stereocenters. The Morgan fingerprint density at radius 1 is 1.12 bits per heavy atom. The highest BCUT2D eigenvalue weighted by atomic mass is 17.2. The molecule has 5 nitrogen and oxygen atoms in total. The topological polar surface area (TPSA) is 76.0 Å². The average Bonchev–Trinajstić information content (AvgIpc) is 2.32. The first kappa shape index (κ1) is 24.7. The first-order valence-electron chi connectivity index (χ1n) is 4.78. The van der Waals surface area contributed by atoms with E-state index in [0.29, 0.717) is 0 Å².